The summed E-state index contributed by atoms with van der Waals surface area (Å²) >= 11 is 6.02. The molecule has 8 heterocycles. The Hall–Kier alpha value is -14.9. The molecule has 0 fully saturated rings. The zero-order valence-electron chi connectivity index (χ0n) is 60.5. The number of H-pyrrole nitrogens is 8. The van der Waals surface area contributed by atoms with Gasteiger partial charge in [-0.05, 0) is 193 Å². The van der Waals surface area contributed by atoms with Gasteiger partial charge in [-0.1, -0.05) is 115 Å². The van der Waals surface area contributed by atoms with E-state index in [1.54, 1.807) is 97.1 Å². The number of rotatable bonds is 12. The van der Waals surface area contributed by atoms with E-state index in [0.29, 0.717) is 101 Å². The van der Waals surface area contributed by atoms with Gasteiger partial charge in [-0.2, -0.15) is 20.4 Å². The predicted octanol–water partition coefficient (Wildman–Crippen LogP) is 23.5. The smallest absolute Gasteiger partial charge is 0.141 e. The fourth-order valence-electron chi connectivity index (χ4n) is 13.2. The third-order valence-corrected chi connectivity index (χ3v) is 19.4. The van der Waals surface area contributed by atoms with Gasteiger partial charge in [-0.25, -0.2) is 55.1 Å². The first kappa shape index (κ1) is 72.9. The number of hydrogen-bond acceptors (Lipinski definition) is 8. The van der Waals surface area contributed by atoms with Crippen LogP contribution in [-0.2, 0) is 0 Å². The number of imidazole rings is 4. The van der Waals surface area contributed by atoms with Gasteiger partial charge < -0.3 is 19.9 Å². The molecule has 0 aliphatic carbocycles. The number of aromatic nitrogens is 16. The lowest BCUT2D eigenvalue weighted by molar-refractivity contribution is 0.627. The summed E-state index contributed by atoms with van der Waals surface area (Å²) in [6, 6.07) is 61.7. The van der Waals surface area contributed by atoms with Gasteiger partial charge in [-0.3, -0.25) is 20.4 Å². The van der Waals surface area contributed by atoms with Crippen molar-refractivity contribution in [3.8, 4) is 45.6 Å². The Morgan fingerprint density at radius 3 is 0.974 bits per heavy atom. The Morgan fingerprint density at radius 2 is 0.600 bits per heavy atom. The number of para-hydroxylation sites is 3. The number of halogens is 9. The Bertz CT molecular complexity index is 6930. The molecule has 0 amide bonds. The maximum Gasteiger partial charge on any atom is 0.141 e. The van der Waals surface area contributed by atoms with Gasteiger partial charge in [0, 0.05) is 50.8 Å². The molecule has 0 saturated carbocycles. The molecule has 20 rings (SSSR count). The van der Waals surface area contributed by atoms with Crippen LogP contribution >= 0.6 is 11.6 Å². The maximum atomic E-state index is 14.8. The van der Waals surface area contributed by atoms with Crippen LogP contribution in [0.15, 0.2) is 224 Å². The van der Waals surface area contributed by atoms with E-state index in [9.17, 15) is 35.1 Å². The van der Waals surface area contributed by atoms with E-state index >= 15 is 0 Å². The number of benzene rings is 12. The van der Waals surface area contributed by atoms with Crippen LogP contribution in [0.5, 0.6) is 0 Å². The molecule has 8 aromatic heterocycles. The van der Waals surface area contributed by atoms with Crippen molar-refractivity contribution in [3.05, 3.63) is 332 Å². The molecule has 0 spiro atoms. The number of nitrogens with one attached hydrogen (secondary N) is 8. The lowest BCUT2D eigenvalue weighted by atomic mass is 10.1. The van der Waals surface area contributed by atoms with Crippen LogP contribution in [0.2, 0.25) is 5.02 Å². The highest BCUT2D eigenvalue weighted by molar-refractivity contribution is 6.31. The van der Waals surface area contributed by atoms with Crippen molar-refractivity contribution in [2.24, 2.45) is 0 Å². The summed E-state index contributed by atoms with van der Waals surface area (Å²) in [7, 11) is 0. The lowest BCUT2D eigenvalue weighted by Gasteiger charge is -2.00. The molecule has 0 atom stereocenters. The summed E-state index contributed by atoms with van der Waals surface area (Å²) in [5.41, 5.74) is 18.4. The van der Waals surface area contributed by atoms with Gasteiger partial charge >= 0.3 is 0 Å². The fraction of sp³-hybridized carbons (Fsp3) is 0.0222. The Kier molecular flexibility index (Phi) is 19.7. The van der Waals surface area contributed by atoms with E-state index in [0.717, 1.165) is 93.5 Å². The molecule has 25 heteroatoms. The van der Waals surface area contributed by atoms with Gasteiger partial charge in [-0.15, -0.1) is 0 Å². The molecule has 12 aromatic carbocycles. The van der Waals surface area contributed by atoms with Crippen molar-refractivity contribution in [1.29, 1.82) is 0 Å². The molecule has 0 aliphatic heterocycles. The number of hydrogen-bond donors (Lipinski definition) is 8. The van der Waals surface area contributed by atoms with Gasteiger partial charge in [0.25, 0.3) is 0 Å². The summed E-state index contributed by atoms with van der Waals surface area (Å²) in [4.78, 5) is 30.7. The zero-order valence-corrected chi connectivity index (χ0v) is 61.2. The molecule has 0 bridgehead atoms. The summed E-state index contributed by atoms with van der Waals surface area (Å²) in [5, 5.41) is 32.1. The average Bonchev–Trinajstić information content (AvgIpc) is 1.65. The minimum Gasteiger partial charge on any atom is -0.338 e. The molecule has 115 heavy (non-hydrogen) atoms. The molecule has 8 N–H and O–H groups in total. The molecular weight excluding hydrogens is 1490 g/mol. The molecule has 0 unspecified atom stereocenters. The fourth-order valence-corrected chi connectivity index (χ4v) is 13.4. The third kappa shape index (κ3) is 15.7. The average molecular weight is 1550 g/mol. The molecule has 0 saturated heterocycles. The number of aryl methyl sites for hydroxylation is 2. The second kappa shape index (κ2) is 31.1. The Balaban J connectivity index is 0.000000111. The Labute approximate surface area is 651 Å². The van der Waals surface area contributed by atoms with E-state index < -0.39 is 5.82 Å². The molecule has 562 valence electrons. The van der Waals surface area contributed by atoms with Gasteiger partial charge in [0.2, 0.25) is 0 Å². The van der Waals surface area contributed by atoms with E-state index in [4.69, 9.17) is 11.6 Å². The Morgan fingerprint density at radius 1 is 0.278 bits per heavy atom. The lowest BCUT2D eigenvalue weighted by Crippen LogP contribution is -1.87. The van der Waals surface area contributed by atoms with Gasteiger partial charge in [0.15, 0.2) is 0 Å². The van der Waals surface area contributed by atoms with Crippen LogP contribution in [-0.4, -0.2) is 80.7 Å². The van der Waals surface area contributed by atoms with Crippen molar-refractivity contribution in [2.45, 2.75) is 13.8 Å². The molecule has 0 aliphatic rings. The predicted molar refractivity (Wildman–Crippen MR) is 440 cm³/mol. The van der Waals surface area contributed by atoms with Crippen molar-refractivity contribution < 1.29 is 35.1 Å². The third-order valence-electron chi connectivity index (χ3n) is 19.1. The first-order valence-electron chi connectivity index (χ1n) is 35.9. The van der Waals surface area contributed by atoms with E-state index in [2.05, 4.69) is 80.7 Å². The summed E-state index contributed by atoms with van der Waals surface area (Å²) < 4.78 is 111. The summed E-state index contributed by atoms with van der Waals surface area (Å²) in [6.45, 7) is 3.97. The van der Waals surface area contributed by atoms with Crippen molar-refractivity contribution in [3.63, 3.8) is 0 Å². The monoisotopic (exact) mass is 1550 g/mol. The number of fused-ring (bicyclic) bond motifs is 8. The molecular formula is C90H59ClF8N16. The van der Waals surface area contributed by atoms with Crippen LogP contribution in [0, 0.1) is 60.4 Å². The van der Waals surface area contributed by atoms with Gasteiger partial charge in [0.1, 0.15) is 69.8 Å². The topological polar surface area (TPSA) is 229 Å². The van der Waals surface area contributed by atoms with Crippen molar-refractivity contribution in [1.82, 2.24) is 80.7 Å². The van der Waals surface area contributed by atoms with E-state index in [1.165, 1.54) is 72.8 Å². The summed E-state index contributed by atoms with van der Waals surface area (Å²) in [5.74, 6) is -0.882. The summed E-state index contributed by atoms with van der Waals surface area (Å²) in [6.07, 6.45) is 14.6. The van der Waals surface area contributed by atoms with Crippen molar-refractivity contribution >= 4 is 148 Å². The van der Waals surface area contributed by atoms with Crippen LogP contribution in [0.3, 0.4) is 0 Å². The minimum absolute atomic E-state index is 0.284. The quantitative estimate of drug-likeness (QED) is 0.0547. The highest BCUT2D eigenvalue weighted by atomic mass is 35.5. The second-order valence-electron chi connectivity index (χ2n) is 27.0. The zero-order chi connectivity index (χ0) is 79.0. The van der Waals surface area contributed by atoms with E-state index in [1.807, 2.05) is 117 Å². The largest absolute Gasteiger partial charge is 0.338 e. The second-order valence-corrected chi connectivity index (χ2v) is 27.4. The maximum absolute atomic E-state index is 14.8. The first-order chi connectivity index (χ1) is 55.9. The van der Waals surface area contributed by atoms with Crippen LogP contribution in [0.4, 0.5) is 35.1 Å². The van der Waals surface area contributed by atoms with Crippen LogP contribution in [0.1, 0.15) is 56.2 Å². The van der Waals surface area contributed by atoms with Gasteiger partial charge in [0.05, 0.1) is 111 Å². The van der Waals surface area contributed by atoms with Crippen LogP contribution in [0.25, 0.3) is 182 Å². The number of nitrogens with zero attached hydrogens (tertiary/aromatic N) is 8. The van der Waals surface area contributed by atoms with Crippen LogP contribution < -0.4 is 0 Å². The first-order valence-corrected chi connectivity index (χ1v) is 36.3. The molecule has 16 nitrogen and oxygen atoms in total. The highest BCUT2D eigenvalue weighted by Crippen LogP contribution is 2.36. The molecule has 0 radical (unpaired) electrons. The minimum atomic E-state index is -0.416. The van der Waals surface area contributed by atoms with Crippen molar-refractivity contribution in [2.75, 3.05) is 0 Å². The van der Waals surface area contributed by atoms with E-state index in [-0.39, 0.29) is 40.7 Å². The number of aromatic amines is 8. The SMILES string of the molecule is Cc1ccc2nc(-c3cc4c(/C=C/c5ccc(F)cc5)n[nH]c4cc3F)[nH]c2c1.Cc1cccc2[nH]c(-c3cc4c(/C=C/c5ccc(F)cc5)n[nH]c4cc3F)nc12.Fc1ccc(/C=C/c2n[nH]c3cc(F)c(-c4nc5ccc(Cl)cc5[nH]4)cc23)cc1.Fc1ccc(/C=C/c2n[nH]c3cc(F)c(-c4nc5ccccc5[nH]4)cc23)cc1. The standard InChI is InChI=1S/2C23H16F2N4.C22H13ClF2N4.C22H14F2N4/c1-13-2-8-20-22(10-13)27-23(26-20)16-11-17-19(28-29-21(17)12-18(16)25)9-5-14-3-6-15(24)7-4-14;1-13-3-2-4-20-22(13)27-23(26-20)16-11-17-19(28-29-21(17)12-18(16)25)10-7-14-5-8-15(24)9-6-14;23-13-4-8-19-21(9-13)27-22(26-19)15-10-16-18(28-29-20(16)11-17(15)25)7-3-12-1-5-14(24)6-2-12;23-14-8-5-13(6-9-14)7-10-18-16-11-15(17(24)12-21(16)28-27-18)22-25-19-3-1-2-4-20(19)26-22/h2*2-12H,1H3,(H,26,27)(H,28,29);1-11H,(H,26,27)(H,28,29);1-12H,(H,25,26)(H,27,28)/b9-5+;10-7+;7-3+;10-7+. The normalized spacial score (nSPS) is 11.8. The molecule has 20 aromatic rings. The highest BCUT2D eigenvalue weighted by Gasteiger charge is 2.20.